The number of hydrogen-bond acceptors (Lipinski definition) is 2. The van der Waals surface area contributed by atoms with Crippen molar-refractivity contribution in [3.63, 3.8) is 0 Å². The molecule has 0 aliphatic heterocycles. The lowest BCUT2D eigenvalue weighted by molar-refractivity contribution is -0.0602. The van der Waals surface area contributed by atoms with Crippen LogP contribution in [0.3, 0.4) is 0 Å². The smallest absolute Gasteiger partial charge is 0.378 e. The molecule has 0 atom stereocenters. The quantitative estimate of drug-likeness (QED) is 0.365. The first-order valence-corrected chi connectivity index (χ1v) is 2.66. The molecule has 0 radical (unpaired) electrons. The average Bonchev–Trinajstić information content (AvgIpc) is 1.80. The molecule has 0 aromatic rings. The molecule has 3 N–H and O–H groups in total. The maximum atomic E-state index is 11.6. The molecule has 0 saturated carbocycles. The summed E-state index contributed by atoms with van der Waals surface area (Å²) in [7, 11) is 0. The number of rotatable bonds is 2. The van der Waals surface area contributed by atoms with Gasteiger partial charge in [-0.05, 0) is 6.92 Å². The number of hydrogen-bond donors (Lipinski definition) is 2. The molecule has 0 spiro atoms. The second-order valence-electron chi connectivity index (χ2n) is 1.89. The van der Waals surface area contributed by atoms with Crippen molar-refractivity contribution in [2.45, 2.75) is 13.1 Å². The summed E-state index contributed by atoms with van der Waals surface area (Å²) in [6.45, 7) is 4.73. The highest BCUT2D eigenvalue weighted by Crippen LogP contribution is 2.13. The number of amidine groups is 1. The minimum absolute atomic E-state index is 0.289. The molecule has 6 heteroatoms. The molecular formula is C5H8F3N3. The average molecular weight is 167 g/mol. The van der Waals surface area contributed by atoms with E-state index in [1.165, 1.54) is 6.92 Å². The predicted octanol–water partition coefficient (Wildman–Crippen LogP) is 0.944. The van der Waals surface area contributed by atoms with Gasteiger partial charge in [-0.15, -0.1) is 0 Å². The molecule has 0 aromatic carbocycles. The molecule has 0 unspecified atom stereocenters. The Labute approximate surface area is 61.8 Å². The van der Waals surface area contributed by atoms with Crippen LogP contribution in [0.4, 0.5) is 13.2 Å². The number of allylic oxidation sites excluding steroid dienone is 1. The van der Waals surface area contributed by atoms with Crippen LogP contribution in [0.25, 0.3) is 0 Å². The van der Waals surface area contributed by atoms with E-state index in [0.29, 0.717) is 0 Å². The number of nitrogens with one attached hydrogen (secondary N) is 1. The van der Waals surface area contributed by atoms with Gasteiger partial charge < -0.3 is 5.73 Å². The summed E-state index contributed by atoms with van der Waals surface area (Å²) in [5.41, 5.74) is 6.81. The van der Waals surface area contributed by atoms with Crippen LogP contribution in [0.15, 0.2) is 17.4 Å². The molecular weight excluding hydrogens is 159 g/mol. The van der Waals surface area contributed by atoms with Gasteiger partial charge in [0.05, 0.1) is 0 Å². The van der Waals surface area contributed by atoms with E-state index in [-0.39, 0.29) is 5.70 Å². The second-order valence-corrected chi connectivity index (χ2v) is 1.89. The van der Waals surface area contributed by atoms with Crippen LogP contribution in [-0.2, 0) is 0 Å². The molecule has 0 heterocycles. The molecule has 0 aliphatic rings. The van der Waals surface area contributed by atoms with E-state index < -0.39 is 12.0 Å². The van der Waals surface area contributed by atoms with Crippen LogP contribution >= 0.6 is 0 Å². The number of alkyl halides is 3. The molecule has 0 amide bonds. The highest BCUT2D eigenvalue weighted by Gasteiger charge is 2.33. The van der Waals surface area contributed by atoms with Crippen LogP contribution in [-0.4, -0.2) is 12.0 Å². The van der Waals surface area contributed by atoms with E-state index in [1.807, 2.05) is 5.43 Å². The van der Waals surface area contributed by atoms with Crippen LogP contribution in [0.2, 0.25) is 0 Å². The zero-order chi connectivity index (χ0) is 9.07. The summed E-state index contributed by atoms with van der Waals surface area (Å²) in [6, 6.07) is 0. The van der Waals surface area contributed by atoms with Crippen LogP contribution in [0, 0.1) is 0 Å². The molecule has 3 nitrogen and oxygen atoms in total. The fourth-order valence-corrected chi connectivity index (χ4v) is 0.219. The van der Waals surface area contributed by atoms with Gasteiger partial charge in [-0.2, -0.15) is 18.3 Å². The Hall–Kier alpha value is -1.20. The SMILES string of the molecule is C=C(C)N/N=C(\N)C(F)(F)F. The monoisotopic (exact) mass is 167 g/mol. The fourth-order valence-electron chi connectivity index (χ4n) is 0.219. The molecule has 0 aliphatic carbocycles. The van der Waals surface area contributed by atoms with Crippen molar-refractivity contribution in [3.8, 4) is 0 Å². The van der Waals surface area contributed by atoms with Gasteiger partial charge >= 0.3 is 6.18 Å². The van der Waals surface area contributed by atoms with Crippen molar-refractivity contribution in [2.75, 3.05) is 0 Å². The van der Waals surface area contributed by atoms with E-state index >= 15 is 0 Å². The Morgan fingerprint density at radius 1 is 1.55 bits per heavy atom. The van der Waals surface area contributed by atoms with Crippen LogP contribution in [0.1, 0.15) is 6.92 Å². The lowest BCUT2D eigenvalue weighted by Crippen LogP contribution is -2.33. The standard InChI is InChI=1S/C5H8F3N3/c1-3(2)10-11-4(9)5(6,7)8/h10H,1H2,2H3,(H2,9,11). The molecule has 0 fully saturated rings. The minimum atomic E-state index is -4.58. The van der Waals surface area contributed by atoms with E-state index in [4.69, 9.17) is 0 Å². The maximum Gasteiger partial charge on any atom is 0.450 e. The van der Waals surface area contributed by atoms with Gasteiger partial charge in [0.1, 0.15) is 0 Å². The molecule has 0 rings (SSSR count). The molecule has 64 valence electrons. The molecule has 11 heavy (non-hydrogen) atoms. The Balaban J connectivity index is 4.12. The summed E-state index contributed by atoms with van der Waals surface area (Å²) < 4.78 is 34.7. The van der Waals surface area contributed by atoms with Crippen LogP contribution in [0.5, 0.6) is 0 Å². The molecule has 0 aromatic heterocycles. The topological polar surface area (TPSA) is 50.4 Å². The van der Waals surface area contributed by atoms with E-state index in [0.717, 1.165) is 0 Å². The third-order valence-corrected chi connectivity index (χ3v) is 0.658. The van der Waals surface area contributed by atoms with Gasteiger partial charge in [-0.1, -0.05) is 6.58 Å². The normalized spacial score (nSPS) is 12.9. The lowest BCUT2D eigenvalue weighted by Gasteiger charge is -2.04. The zero-order valence-electron chi connectivity index (χ0n) is 5.87. The van der Waals surface area contributed by atoms with Gasteiger partial charge in [0.25, 0.3) is 0 Å². The third-order valence-electron chi connectivity index (χ3n) is 0.658. The summed E-state index contributed by atoms with van der Waals surface area (Å²) in [5.74, 6) is -1.42. The van der Waals surface area contributed by atoms with Gasteiger partial charge in [-0.25, -0.2) is 0 Å². The number of nitrogens with two attached hydrogens (primary N) is 1. The van der Waals surface area contributed by atoms with Gasteiger partial charge in [-0.3, -0.25) is 5.43 Å². The van der Waals surface area contributed by atoms with Gasteiger partial charge in [0, 0.05) is 5.70 Å². The first-order chi connectivity index (χ1) is 4.84. The van der Waals surface area contributed by atoms with E-state index in [2.05, 4.69) is 17.4 Å². The van der Waals surface area contributed by atoms with Crippen LogP contribution < -0.4 is 11.2 Å². The first-order valence-electron chi connectivity index (χ1n) is 2.66. The van der Waals surface area contributed by atoms with Crippen molar-refractivity contribution in [2.24, 2.45) is 10.8 Å². The maximum absolute atomic E-state index is 11.6. The molecule has 0 saturated heterocycles. The minimum Gasteiger partial charge on any atom is -0.378 e. The fraction of sp³-hybridized carbons (Fsp3) is 0.400. The first kappa shape index (κ1) is 9.80. The Kier molecular flexibility index (Phi) is 2.91. The number of hydrazone groups is 1. The van der Waals surface area contributed by atoms with Crippen molar-refractivity contribution < 1.29 is 13.2 Å². The van der Waals surface area contributed by atoms with Crippen molar-refractivity contribution >= 4 is 5.84 Å². The summed E-state index contributed by atoms with van der Waals surface area (Å²) in [5, 5.41) is 2.81. The third kappa shape index (κ3) is 4.24. The number of halogens is 3. The Morgan fingerprint density at radius 2 is 2.00 bits per heavy atom. The van der Waals surface area contributed by atoms with Gasteiger partial charge in [0.2, 0.25) is 5.84 Å². The van der Waals surface area contributed by atoms with Crippen molar-refractivity contribution in [3.05, 3.63) is 12.3 Å². The summed E-state index contributed by atoms with van der Waals surface area (Å²) in [4.78, 5) is 0. The van der Waals surface area contributed by atoms with E-state index in [9.17, 15) is 13.2 Å². The largest absolute Gasteiger partial charge is 0.450 e. The molecule has 0 bridgehead atoms. The highest BCUT2D eigenvalue weighted by atomic mass is 19.4. The summed E-state index contributed by atoms with van der Waals surface area (Å²) >= 11 is 0. The number of nitrogens with zero attached hydrogens (tertiary/aromatic N) is 1. The summed E-state index contributed by atoms with van der Waals surface area (Å²) in [6.07, 6.45) is -4.58. The van der Waals surface area contributed by atoms with Gasteiger partial charge in [0.15, 0.2) is 0 Å². The Morgan fingerprint density at radius 3 is 2.27 bits per heavy atom. The Bertz CT molecular complexity index is 182. The lowest BCUT2D eigenvalue weighted by atomic mass is 10.6. The van der Waals surface area contributed by atoms with Crippen molar-refractivity contribution in [1.29, 1.82) is 0 Å². The van der Waals surface area contributed by atoms with Crippen molar-refractivity contribution in [1.82, 2.24) is 5.43 Å². The van der Waals surface area contributed by atoms with E-state index in [1.54, 1.807) is 0 Å². The zero-order valence-corrected chi connectivity index (χ0v) is 5.87. The highest BCUT2D eigenvalue weighted by molar-refractivity contribution is 5.85. The second kappa shape index (κ2) is 3.27. The predicted molar refractivity (Wildman–Crippen MR) is 35.6 cm³/mol.